The maximum absolute atomic E-state index is 11.9. The number of benzene rings is 1. The molecule has 22 heavy (non-hydrogen) atoms. The molecule has 6 heteroatoms. The van der Waals surface area contributed by atoms with Gasteiger partial charge >= 0.3 is 6.09 Å². The predicted molar refractivity (Wildman–Crippen MR) is 83.2 cm³/mol. The molecule has 0 unspecified atom stereocenters. The average Bonchev–Trinajstić information content (AvgIpc) is 2.46. The fourth-order valence-corrected chi connectivity index (χ4v) is 1.78. The van der Waals surface area contributed by atoms with Crippen molar-refractivity contribution in [1.29, 1.82) is 0 Å². The number of rotatable bonds is 3. The number of hydrogen-bond acceptors (Lipinski definition) is 5. The molecular formula is C16H19N3O3. The second kappa shape index (κ2) is 6.53. The fourth-order valence-electron chi connectivity index (χ4n) is 1.78. The van der Waals surface area contributed by atoms with E-state index in [0.717, 1.165) is 0 Å². The van der Waals surface area contributed by atoms with E-state index < -0.39 is 11.7 Å². The van der Waals surface area contributed by atoms with Crippen LogP contribution in [0, 0.1) is 0 Å². The lowest BCUT2D eigenvalue weighted by Crippen LogP contribution is -2.27. The number of hydrogen-bond donors (Lipinski definition) is 2. The number of nitrogens with one attached hydrogen (secondary N) is 1. The Morgan fingerprint density at radius 1 is 1.23 bits per heavy atom. The van der Waals surface area contributed by atoms with Crippen LogP contribution in [0.4, 0.5) is 10.5 Å². The van der Waals surface area contributed by atoms with E-state index in [1.165, 1.54) is 0 Å². The first kappa shape index (κ1) is 15.9. The summed E-state index contributed by atoms with van der Waals surface area (Å²) in [6.45, 7) is 5.29. The number of amides is 1. The molecule has 1 heterocycles. The van der Waals surface area contributed by atoms with Gasteiger partial charge in [0.05, 0.1) is 12.3 Å². The van der Waals surface area contributed by atoms with Gasteiger partial charge in [-0.2, -0.15) is 0 Å². The predicted octanol–water partition coefficient (Wildman–Crippen LogP) is 2.98. The number of para-hydroxylation sites is 1. The van der Waals surface area contributed by atoms with E-state index in [2.05, 4.69) is 15.3 Å². The molecule has 1 aromatic heterocycles. The third kappa shape index (κ3) is 4.26. The molecule has 0 aliphatic rings. The van der Waals surface area contributed by atoms with Crippen LogP contribution in [0.1, 0.15) is 26.3 Å². The Kier molecular flexibility index (Phi) is 4.72. The van der Waals surface area contributed by atoms with Crippen molar-refractivity contribution in [3.63, 3.8) is 0 Å². The van der Waals surface area contributed by atoms with E-state index in [4.69, 9.17) is 9.84 Å². The minimum Gasteiger partial charge on any atom is -0.444 e. The molecule has 2 aromatic rings. The third-order valence-electron chi connectivity index (χ3n) is 2.69. The first-order valence-electron chi connectivity index (χ1n) is 6.90. The number of ether oxygens (including phenoxy) is 1. The third-order valence-corrected chi connectivity index (χ3v) is 2.69. The van der Waals surface area contributed by atoms with Crippen molar-refractivity contribution in [2.24, 2.45) is 0 Å². The molecule has 116 valence electrons. The first-order valence-corrected chi connectivity index (χ1v) is 6.90. The maximum atomic E-state index is 11.9. The van der Waals surface area contributed by atoms with Gasteiger partial charge in [-0.15, -0.1) is 0 Å². The summed E-state index contributed by atoms with van der Waals surface area (Å²) in [4.78, 5) is 20.3. The van der Waals surface area contributed by atoms with Crippen LogP contribution in [0.3, 0.4) is 0 Å². The summed E-state index contributed by atoms with van der Waals surface area (Å²) in [5.74, 6) is 0.462. The summed E-state index contributed by atoms with van der Waals surface area (Å²) in [5.41, 5.74) is 1.30. The van der Waals surface area contributed by atoms with Crippen molar-refractivity contribution in [2.45, 2.75) is 33.0 Å². The summed E-state index contributed by atoms with van der Waals surface area (Å²) in [7, 11) is 0. The lowest BCUT2D eigenvalue weighted by atomic mass is 10.1. The summed E-state index contributed by atoms with van der Waals surface area (Å²) < 4.78 is 5.25. The zero-order valence-corrected chi connectivity index (χ0v) is 12.8. The molecule has 2 rings (SSSR count). The van der Waals surface area contributed by atoms with Gasteiger partial charge in [0.2, 0.25) is 0 Å². The molecule has 0 bridgehead atoms. The van der Waals surface area contributed by atoms with Gasteiger partial charge in [-0.1, -0.05) is 12.1 Å². The lowest BCUT2D eigenvalue weighted by molar-refractivity contribution is 0.0636. The Balaban J connectivity index is 2.24. The number of carbonyl (C=O) groups is 1. The van der Waals surface area contributed by atoms with Gasteiger partial charge in [0.15, 0.2) is 5.82 Å². The number of aromatic nitrogens is 2. The molecule has 0 aliphatic heterocycles. The van der Waals surface area contributed by atoms with E-state index in [-0.39, 0.29) is 6.61 Å². The van der Waals surface area contributed by atoms with E-state index >= 15 is 0 Å². The molecule has 0 saturated carbocycles. The van der Waals surface area contributed by atoms with Crippen molar-refractivity contribution >= 4 is 11.8 Å². The number of aliphatic hydroxyl groups excluding tert-OH is 1. The quantitative estimate of drug-likeness (QED) is 0.910. The van der Waals surface area contributed by atoms with Crippen LogP contribution in [0.15, 0.2) is 36.7 Å². The van der Waals surface area contributed by atoms with Gasteiger partial charge < -0.3 is 9.84 Å². The second-order valence-electron chi connectivity index (χ2n) is 5.75. The topological polar surface area (TPSA) is 84.3 Å². The summed E-state index contributed by atoms with van der Waals surface area (Å²) in [5, 5.41) is 11.7. The van der Waals surface area contributed by atoms with Crippen LogP contribution < -0.4 is 5.32 Å². The molecule has 0 atom stereocenters. The molecular weight excluding hydrogens is 282 g/mol. The first-order chi connectivity index (χ1) is 10.4. The Morgan fingerprint density at radius 3 is 2.45 bits per heavy atom. The number of anilines is 1. The van der Waals surface area contributed by atoms with Crippen LogP contribution in [-0.2, 0) is 11.3 Å². The molecule has 0 spiro atoms. The minimum absolute atomic E-state index is 0.113. The van der Waals surface area contributed by atoms with Crippen LogP contribution in [-0.4, -0.2) is 26.8 Å². The van der Waals surface area contributed by atoms with Crippen LogP contribution in [0.5, 0.6) is 0 Å². The van der Waals surface area contributed by atoms with E-state index in [1.54, 1.807) is 51.4 Å². The zero-order valence-electron chi connectivity index (χ0n) is 12.8. The van der Waals surface area contributed by atoms with Gasteiger partial charge in [-0.05, 0) is 32.9 Å². The molecule has 1 amide bonds. The van der Waals surface area contributed by atoms with Gasteiger partial charge in [0, 0.05) is 23.5 Å². The summed E-state index contributed by atoms with van der Waals surface area (Å²) >= 11 is 0. The highest BCUT2D eigenvalue weighted by molar-refractivity contribution is 5.90. The monoisotopic (exact) mass is 301 g/mol. The molecule has 0 radical (unpaired) electrons. The van der Waals surface area contributed by atoms with Crippen LogP contribution in [0.2, 0.25) is 0 Å². The summed E-state index contributed by atoms with van der Waals surface area (Å²) in [6.07, 6.45) is 2.56. The minimum atomic E-state index is -0.571. The van der Waals surface area contributed by atoms with Crippen molar-refractivity contribution in [2.75, 3.05) is 5.32 Å². The van der Waals surface area contributed by atoms with E-state index in [0.29, 0.717) is 22.6 Å². The van der Waals surface area contributed by atoms with E-state index in [9.17, 15) is 4.79 Å². The fraction of sp³-hybridized carbons (Fsp3) is 0.312. The highest BCUT2D eigenvalue weighted by Crippen LogP contribution is 2.25. The molecule has 6 nitrogen and oxygen atoms in total. The highest BCUT2D eigenvalue weighted by Gasteiger charge is 2.17. The van der Waals surface area contributed by atoms with Gasteiger partial charge in [0.1, 0.15) is 5.60 Å². The molecule has 0 fully saturated rings. The standard InChI is InChI=1S/C16H19N3O3/c1-16(2,3)22-15(21)19-13-7-5-4-6-12(13)14-17-8-11(10-20)9-18-14/h4-9,20H,10H2,1-3H3,(H,19,21). The normalized spacial score (nSPS) is 11.1. The van der Waals surface area contributed by atoms with Crippen LogP contribution >= 0.6 is 0 Å². The highest BCUT2D eigenvalue weighted by atomic mass is 16.6. The average molecular weight is 301 g/mol. The van der Waals surface area contributed by atoms with Crippen molar-refractivity contribution in [1.82, 2.24) is 9.97 Å². The number of nitrogens with zero attached hydrogens (tertiary/aromatic N) is 2. The van der Waals surface area contributed by atoms with Crippen molar-refractivity contribution in [3.05, 3.63) is 42.2 Å². The van der Waals surface area contributed by atoms with Crippen molar-refractivity contribution < 1.29 is 14.6 Å². The van der Waals surface area contributed by atoms with E-state index in [1.807, 2.05) is 6.07 Å². The van der Waals surface area contributed by atoms with Crippen molar-refractivity contribution in [3.8, 4) is 11.4 Å². The summed E-state index contributed by atoms with van der Waals surface area (Å²) in [6, 6.07) is 7.19. The Bertz CT molecular complexity index is 648. The number of aliphatic hydroxyl groups is 1. The Labute approximate surface area is 129 Å². The van der Waals surface area contributed by atoms with Crippen LogP contribution in [0.25, 0.3) is 11.4 Å². The Hall–Kier alpha value is -2.47. The lowest BCUT2D eigenvalue weighted by Gasteiger charge is -2.20. The zero-order chi connectivity index (χ0) is 16.2. The molecule has 1 aromatic carbocycles. The molecule has 2 N–H and O–H groups in total. The largest absolute Gasteiger partial charge is 0.444 e. The molecule has 0 aliphatic carbocycles. The second-order valence-corrected chi connectivity index (χ2v) is 5.75. The SMILES string of the molecule is CC(C)(C)OC(=O)Nc1ccccc1-c1ncc(CO)cn1. The Morgan fingerprint density at radius 2 is 1.86 bits per heavy atom. The van der Waals surface area contributed by atoms with Gasteiger partial charge in [0.25, 0.3) is 0 Å². The smallest absolute Gasteiger partial charge is 0.412 e. The van der Waals surface area contributed by atoms with Gasteiger partial charge in [-0.3, -0.25) is 5.32 Å². The molecule has 0 saturated heterocycles. The maximum Gasteiger partial charge on any atom is 0.412 e. The van der Waals surface area contributed by atoms with Gasteiger partial charge in [-0.25, -0.2) is 14.8 Å². The number of carbonyl (C=O) groups excluding carboxylic acids is 1.